The molecule has 0 spiro atoms. The van der Waals surface area contributed by atoms with Crippen molar-refractivity contribution >= 4 is 12.0 Å². The Bertz CT molecular complexity index is 375. The van der Waals surface area contributed by atoms with Gasteiger partial charge in [-0.05, 0) is 12.1 Å². The number of aromatic nitrogens is 1. The van der Waals surface area contributed by atoms with Crippen LogP contribution in [0.1, 0.15) is 5.69 Å². The standard InChI is InChI=1S/C9H9N3O2/c1-12-6-11-8(14-9(12)13)7-4-2-3-5-10-7/h2-5H,6H2,1H3. The summed E-state index contributed by atoms with van der Waals surface area (Å²) in [6, 6.07) is 5.36. The fraction of sp³-hybridized carbons (Fsp3) is 0.222. The molecular formula is C9H9N3O2. The topological polar surface area (TPSA) is 54.8 Å². The van der Waals surface area contributed by atoms with Crippen LogP contribution in [0.5, 0.6) is 0 Å². The Labute approximate surface area is 81.0 Å². The van der Waals surface area contributed by atoms with E-state index in [1.807, 2.05) is 6.07 Å². The first kappa shape index (κ1) is 8.68. The maximum absolute atomic E-state index is 11.2. The van der Waals surface area contributed by atoms with Gasteiger partial charge in [0.2, 0.25) is 5.90 Å². The number of ether oxygens (including phenoxy) is 1. The minimum absolute atomic E-state index is 0.286. The third kappa shape index (κ3) is 1.56. The Morgan fingerprint density at radius 2 is 2.36 bits per heavy atom. The maximum atomic E-state index is 11.2. The van der Waals surface area contributed by atoms with Crippen molar-refractivity contribution in [1.82, 2.24) is 9.88 Å². The van der Waals surface area contributed by atoms with Crippen molar-refractivity contribution in [3.63, 3.8) is 0 Å². The average molecular weight is 191 g/mol. The van der Waals surface area contributed by atoms with Crippen LogP contribution >= 0.6 is 0 Å². The van der Waals surface area contributed by atoms with Gasteiger partial charge in [-0.1, -0.05) is 6.07 Å². The SMILES string of the molecule is CN1CN=C(c2ccccn2)OC1=O. The number of hydrogen-bond acceptors (Lipinski definition) is 4. The molecule has 1 amide bonds. The second kappa shape index (κ2) is 3.45. The normalized spacial score (nSPS) is 16.2. The van der Waals surface area contributed by atoms with Gasteiger partial charge in [0.15, 0.2) is 0 Å². The molecule has 0 saturated carbocycles. The zero-order chi connectivity index (χ0) is 9.97. The molecule has 0 fully saturated rings. The lowest BCUT2D eigenvalue weighted by Crippen LogP contribution is -2.35. The summed E-state index contributed by atoms with van der Waals surface area (Å²) >= 11 is 0. The molecule has 0 radical (unpaired) electrons. The molecule has 1 aromatic heterocycles. The van der Waals surface area contributed by atoms with Crippen LogP contribution in [0, 0.1) is 0 Å². The number of nitrogens with zero attached hydrogens (tertiary/aromatic N) is 3. The largest absolute Gasteiger partial charge is 0.417 e. The van der Waals surface area contributed by atoms with E-state index in [1.54, 1.807) is 25.4 Å². The van der Waals surface area contributed by atoms with E-state index < -0.39 is 6.09 Å². The van der Waals surface area contributed by atoms with Crippen molar-refractivity contribution in [3.8, 4) is 0 Å². The molecule has 2 heterocycles. The summed E-state index contributed by atoms with van der Waals surface area (Å²) < 4.78 is 4.96. The highest BCUT2D eigenvalue weighted by Crippen LogP contribution is 2.06. The quantitative estimate of drug-likeness (QED) is 0.661. The maximum Gasteiger partial charge on any atom is 0.417 e. The highest BCUT2D eigenvalue weighted by molar-refractivity contribution is 5.99. The van der Waals surface area contributed by atoms with Crippen molar-refractivity contribution < 1.29 is 9.53 Å². The van der Waals surface area contributed by atoms with Crippen molar-refractivity contribution in [3.05, 3.63) is 30.1 Å². The van der Waals surface area contributed by atoms with Gasteiger partial charge in [-0.25, -0.2) is 9.79 Å². The highest BCUT2D eigenvalue weighted by atomic mass is 16.6. The molecule has 2 rings (SSSR count). The summed E-state index contributed by atoms with van der Waals surface area (Å²) in [7, 11) is 1.63. The van der Waals surface area contributed by atoms with Gasteiger partial charge in [-0.2, -0.15) is 0 Å². The molecule has 14 heavy (non-hydrogen) atoms. The predicted molar refractivity (Wildman–Crippen MR) is 49.9 cm³/mol. The molecule has 1 aliphatic rings. The van der Waals surface area contributed by atoms with Gasteiger partial charge in [-0.3, -0.25) is 9.88 Å². The minimum atomic E-state index is -0.402. The van der Waals surface area contributed by atoms with E-state index in [4.69, 9.17) is 4.74 Å². The second-order valence-electron chi connectivity index (χ2n) is 2.89. The van der Waals surface area contributed by atoms with Crippen LogP contribution in [0.2, 0.25) is 0 Å². The van der Waals surface area contributed by atoms with E-state index in [2.05, 4.69) is 9.98 Å². The molecule has 1 aromatic rings. The Morgan fingerprint density at radius 1 is 1.50 bits per heavy atom. The first-order valence-corrected chi connectivity index (χ1v) is 4.16. The fourth-order valence-electron chi connectivity index (χ4n) is 1.04. The molecule has 0 N–H and O–H groups in total. The average Bonchev–Trinajstić information content (AvgIpc) is 2.23. The smallest absolute Gasteiger partial charge is 0.389 e. The molecule has 0 aliphatic carbocycles. The van der Waals surface area contributed by atoms with Crippen LogP contribution < -0.4 is 0 Å². The monoisotopic (exact) mass is 191 g/mol. The summed E-state index contributed by atoms with van der Waals surface area (Å²) in [6.07, 6.45) is 1.23. The minimum Gasteiger partial charge on any atom is -0.389 e. The summed E-state index contributed by atoms with van der Waals surface area (Å²) in [4.78, 5) is 20.7. The third-order valence-electron chi connectivity index (χ3n) is 1.81. The summed E-state index contributed by atoms with van der Waals surface area (Å²) in [6.45, 7) is 0.310. The second-order valence-corrected chi connectivity index (χ2v) is 2.89. The fourth-order valence-corrected chi connectivity index (χ4v) is 1.04. The van der Waals surface area contributed by atoms with E-state index >= 15 is 0 Å². The van der Waals surface area contributed by atoms with Crippen LogP contribution in [0.15, 0.2) is 29.4 Å². The number of rotatable bonds is 1. The van der Waals surface area contributed by atoms with Gasteiger partial charge in [0.1, 0.15) is 12.4 Å². The lowest BCUT2D eigenvalue weighted by Gasteiger charge is -2.20. The molecule has 5 heteroatoms. The van der Waals surface area contributed by atoms with E-state index in [9.17, 15) is 4.79 Å². The predicted octanol–water partition coefficient (Wildman–Crippen LogP) is 0.868. The van der Waals surface area contributed by atoms with Gasteiger partial charge in [0, 0.05) is 13.2 Å². The lowest BCUT2D eigenvalue weighted by molar-refractivity contribution is 0.152. The molecule has 72 valence electrons. The number of cyclic esters (lactones) is 1. The van der Waals surface area contributed by atoms with Crippen molar-refractivity contribution in [2.24, 2.45) is 4.99 Å². The number of hydrogen-bond donors (Lipinski definition) is 0. The Hall–Kier alpha value is -1.91. The van der Waals surface area contributed by atoms with Crippen LogP contribution in [0.4, 0.5) is 4.79 Å². The number of aliphatic imine (C=N–C) groups is 1. The molecule has 0 unspecified atom stereocenters. The highest BCUT2D eigenvalue weighted by Gasteiger charge is 2.20. The van der Waals surface area contributed by atoms with Crippen LogP contribution in [0.3, 0.4) is 0 Å². The summed E-state index contributed by atoms with van der Waals surface area (Å²) in [5, 5.41) is 0. The number of carbonyl (C=O) groups is 1. The molecule has 0 atom stereocenters. The van der Waals surface area contributed by atoms with Crippen molar-refractivity contribution in [2.45, 2.75) is 0 Å². The molecule has 1 aliphatic heterocycles. The summed E-state index contributed by atoms with van der Waals surface area (Å²) in [5.41, 5.74) is 0.578. The Balaban J connectivity index is 2.25. The van der Waals surface area contributed by atoms with Gasteiger partial charge in [0.05, 0.1) is 0 Å². The molecule has 5 nitrogen and oxygen atoms in total. The number of carbonyl (C=O) groups excluding carboxylic acids is 1. The zero-order valence-electron chi connectivity index (χ0n) is 7.67. The zero-order valence-corrected chi connectivity index (χ0v) is 7.67. The molecule has 0 bridgehead atoms. The summed E-state index contributed by atoms with van der Waals surface area (Å²) in [5.74, 6) is 0.286. The van der Waals surface area contributed by atoms with E-state index in [0.717, 1.165) is 0 Å². The van der Waals surface area contributed by atoms with E-state index in [1.165, 1.54) is 4.90 Å². The molecule has 0 saturated heterocycles. The van der Waals surface area contributed by atoms with Crippen LogP contribution in [-0.4, -0.2) is 35.6 Å². The van der Waals surface area contributed by atoms with Gasteiger partial charge < -0.3 is 4.74 Å². The third-order valence-corrected chi connectivity index (χ3v) is 1.81. The van der Waals surface area contributed by atoms with Gasteiger partial charge in [-0.15, -0.1) is 0 Å². The van der Waals surface area contributed by atoms with Gasteiger partial charge in [0.25, 0.3) is 0 Å². The Morgan fingerprint density at radius 3 is 3.00 bits per heavy atom. The Kier molecular flexibility index (Phi) is 2.14. The van der Waals surface area contributed by atoms with Crippen LogP contribution in [0.25, 0.3) is 0 Å². The van der Waals surface area contributed by atoms with Gasteiger partial charge >= 0.3 is 6.09 Å². The number of amides is 1. The first-order chi connectivity index (χ1) is 6.77. The number of pyridine rings is 1. The van der Waals surface area contributed by atoms with Crippen molar-refractivity contribution in [2.75, 3.05) is 13.7 Å². The molecule has 0 aromatic carbocycles. The first-order valence-electron chi connectivity index (χ1n) is 4.16. The van der Waals surface area contributed by atoms with Crippen LogP contribution in [-0.2, 0) is 4.74 Å². The van der Waals surface area contributed by atoms with Crippen molar-refractivity contribution in [1.29, 1.82) is 0 Å². The lowest BCUT2D eigenvalue weighted by atomic mass is 10.3. The van der Waals surface area contributed by atoms with E-state index in [-0.39, 0.29) is 5.90 Å². The molecular weight excluding hydrogens is 182 g/mol. The van der Waals surface area contributed by atoms with E-state index in [0.29, 0.717) is 12.4 Å².